The lowest BCUT2D eigenvalue weighted by Crippen LogP contribution is -2.48. The fourth-order valence-electron chi connectivity index (χ4n) is 1.79. The van der Waals surface area contributed by atoms with Crippen molar-refractivity contribution in [2.24, 2.45) is 0 Å². The summed E-state index contributed by atoms with van der Waals surface area (Å²) in [4.78, 5) is 11.6. The minimum atomic E-state index is -0.722. The number of nitrogens with one attached hydrogen (secondary N) is 1. The molecule has 5 heteroatoms. The van der Waals surface area contributed by atoms with Gasteiger partial charge in [-0.25, -0.2) is 0 Å². The molecule has 0 fully saturated rings. The molecule has 1 rings (SSSR count). The molecule has 0 aliphatic rings. The van der Waals surface area contributed by atoms with Crippen LogP contribution in [0.5, 0.6) is 0 Å². The van der Waals surface area contributed by atoms with Gasteiger partial charge in [0.2, 0.25) is 0 Å². The Morgan fingerprint density at radius 3 is 2.50 bits per heavy atom. The van der Waals surface area contributed by atoms with Crippen LogP contribution in [-0.4, -0.2) is 18.6 Å². The lowest BCUT2D eigenvalue weighted by atomic mass is 10.0. The van der Waals surface area contributed by atoms with Crippen molar-refractivity contribution in [1.82, 2.24) is 5.32 Å². The Labute approximate surface area is 125 Å². The molecule has 0 heterocycles. The Balaban J connectivity index is 2.88. The van der Waals surface area contributed by atoms with E-state index in [2.05, 4.69) is 37.2 Å². The van der Waals surface area contributed by atoms with Gasteiger partial charge in [-0.1, -0.05) is 37.9 Å². The van der Waals surface area contributed by atoms with E-state index in [4.69, 9.17) is 4.74 Å². The monoisotopic (exact) mass is 377 g/mol. The van der Waals surface area contributed by atoms with E-state index in [-0.39, 0.29) is 12.0 Å². The van der Waals surface area contributed by atoms with Gasteiger partial charge in [0.15, 0.2) is 0 Å². The molecule has 0 saturated carbocycles. The Kier molecular flexibility index (Phi) is 5.37. The highest BCUT2D eigenvalue weighted by atomic mass is 79.9. The van der Waals surface area contributed by atoms with Gasteiger partial charge in [-0.2, -0.15) is 0 Å². The third-order valence-corrected chi connectivity index (χ3v) is 3.88. The number of hydrogen-bond donors (Lipinski definition) is 1. The molecule has 0 radical (unpaired) electrons. The maximum atomic E-state index is 11.6. The predicted molar refractivity (Wildman–Crippen MR) is 79.5 cm³/mol. The molecule has 1 N–H and O–H groups in total. The fraction of sp³-hybridized carbons (Fsp3) is 0.462. The Bertz CT molecular complexity index is 447. The quantitative estimate of drug-likeness (QED) is 0.809. The van der Waals surface area contributed by atoms with Crippen LogP contribution in [0.2, 0.25) is 0 Å². The van der Waals surface area contributed by atoms with Gasteiger partial charge in [-0.15, -0.1) is 0 Å². The smallest absolute Gasteiger partial charge is 0.325 e. The molecule has 0 aliphatic carbocycles. The molecule has 1 aromatic carbocycles. The number of hydrogen-bond acceptors (Lipinski definition) is 3. The van der Waals surface area contributed by atoms with Crippen molar-refractivity contribution in [2.75, 3.05) is 7.11 Å². The lowest BCUT2D eigenvalue weighted by Gasteiger charge is -2.28. The number of rotatable bonds is 4. The van der Waals surface area contributed by atoms with Gasteiger partial charge < -0.3 is 4.74 Å². The third kappa shape index (κ3) is 3.80. The van der Waals surface area contributed by atoms with Crippen molar-refractivity contribution in [1.29, 1.82) is 0 Å². The molecular weight excluding hydrogens is 362 g/mol. The average molecular weight is 379 g/mol. The third-order valence-electron chi connectivity index (χ3n) is 2.70. The van der Waals surface area contributed by atoms with Crippen LogP contribution in [-0.2, 0) is 9.53 Å². The summed E-state index contributed by atoms with van der Waals surface area (Å²) in [6, 6.07) is 6.00. The molecule has 0 amide bonds. The van der Waals surface area contributed by atoms with Crippen LogP contribution in [0.4, 0.5) is 0 Å². The highest BCUT2D eigenvalue weighted by Gasteiger charge is 2.30. The van der Waals surface area contributed by atoms with E-state index >= 15 is 0 Å². The summed E-state index contributed by atoms with van der Waals surface area (Å²) in [6.07, 6.45) is 0. The molecule has 1 aromatic rings. The summed E-state index contributed by atoms with van der Waals surface area (Å²) < 4.78 is 6.79. The first kappa shape index (κ1) is 15.7. The zero-order valence-corrected chi connectivity index (χ0v) is 14.1. The minimum absolute atomic E-state index is 0.0292. The molecular formula is C13H17Br2NO2. The van der Waals surface area contributed by atoms with E-state index in [1.807, 2.05) is 39.0 Å². The van der Waals surface area contributed by atoms with Gasteiger partial charge >= 0.3 is 5.97 Å². The Morgan fingerprint density at radius 1 is 1.39 bits per heavy atom. The van der Waals surface area contributed by atoms with Crippen LogP contribution in [0, 0.1) is 0 Å². The Hall–Kier alpha value is -0.390. The van der Waals surface area contributed by atoms with Crippen LogP contribution >= 0.6 is 31.9 Å². The molecule has 18 heavy (non-hydrogen) atoms. The van der Waals surface area contributed by atoms with Gasteiger partial charge in [0.1, 0.15) is 5.54 Å². The molecule has 0 aromatic heterocycles. The largest absolute Gasteiger partial charge is 0.468 e. The van der Waals surface area contributed by atoms with Crippen LogP contribution < -0.4 is 5.32 Å². The average Bonchev–Trinajstić information content (AvgIpc) is 2.26. The van der Waals surface area contributed by atoms with Crippen molar-refractivity contribution < 1.29 is 9.53 Å². The number of esters is 1. The van der Waals surface area contributed by atoms with Crippen molar-refractivity contribution in [3.63, 3.8) is 0 Å². The second kappa shape index (κ2) is 6.17. The van der Waals surface area contributed by atoms with Crippen LogP contribution in [0.1, 0.15) is 32.4 Å². The van der Waals surface area contributed by atoms with Gasteiger partial charge in [0, 0.05) is 15.0 Å². The molecule has 0 bridgehead atoms. The lowest BCUT2D eigenvalue weighted by molar-refractivity contribution is -0.147. The zero-order valence-electron chi connectivity index (χ0n) is 10.9. The van der Waals surface area contributed by atoms with Gasteiger partial charge in [-0.3, -0.25) is 10.1 Å². The fourth-order valence-corrected chi connectivity index (χ4v) is 3.18. The second-order valence-electron chi connectivity index (χ2n) is 4.65. The highest BCUT2D eigenvalue weighted by Crippen LogP contribution is 2.28. The number of ether oxygens (including phenoxy) is 1. The molecule has 1 atom stereocenters. The highest BCUT2D eigenvalue weighted by molar-refractivity contribution is 9.11. The van der Waals surface area contributed by atoms with E-state index in [0.29, 0.717) is 0 Å². The predicted octanol–water partition coefficient (Wildman–Crippen LogP) is 3.81. The molecule has 0 saturated heterocycles. The summed E-state index contributed by atoms with van der Waals surface area (Å²) in [5.74, 6) is -0.275. The maximum Gasteiger partial charge on any atom is 0.325 e. The van der Waals surface area contributed by atoms with Gasteiger partial charge in [0.05, 0.1) is 7.11 Å². The number of benzene rings is 1. The van der Waals surface area contributed by atoms with Crippen LogP contribution in [0.15, 0.2) is 27.1 Å². The SMILES string of the molecule is COC(=O)C(C)(C)NC(C)c1ccc(Br)cc1Br. The normalized spacial score (nSPS) is 13.2. The van der Waals surface area contributed by atoms with Crippen molar-refractivity contribution in [3.05, 3.63) is 32.7 Å². The number of carbonyl (C=O) groups excluding carboxylic acids is 1. The van der Waals surface area contributed by atoms with Crippen LogP contribution in [0.25, 0.3) is 0 Å². The summed E-state index contributed by atoms with van der Waals surface area (Å²) in [7, 11) is 1.39. The van der Waals surface area contributed by atoms with Crippen molar-refractivity contribution in [2.45, 2.75) is 32.4 Å². The maximum absolute atomic E-state index is 11.6. The summed E-state index contributed by atoms with van der Waals surface area (Å²) in [5, 5.41) is 3.26. The standard InChI is InChI=1S/C13H17Br2NO2/c1-8(16-13(2,3)12(17)18-4)10-6-5-9(14)7-11(10)15/h5-8,16H,1-4H3. The van der Waals surface area contributed by atoms with E-state index in [9.17, 15) is 4.79 Å². The molecule has 3 nitrogen and oxygen atoms in total. The minimum Gasteiger partial charge on any atom is -0.468 e. The van der Waals surface area contributed by atoms with Crippen LogP contribution in [0.3, 0.4) is 0 Å². The van der Waals surface area contributed by atoms with E-state index in [1.165, 1.54) is 7.11 Å². The first-order valence-electron chi connectivity index (χ1n) is 5.59. The first-order valence-corrected chi connectivity index (χ1v) is 7.17. The van der Waals surface area contributed by atoms with Crippen molar-refractivity contribution >= 4 is 37.8 Å². The number of methoxy groups -OCH3 is 1. The van der Waals surface area contributed by atoms with Crippen molar-refractivity contribution in [3.8, 4) is 0 Å². The second-order valence-corrected chi connectivity index (χ2v) is 6.42. The molecule has 1 unspecified atom stereocenters. The topological polar surface area (TPSA) is 38.3 Å². The van der Waals surface area contributed by atoms with E-state index in [0.717, 1.165) is 14.5 Å². The first-order chi connectivity index (χ1) is 8.27. The summed E-state index contributed by atoms with van der Waals surface area (Å²) in [6.45, 7) is 5.63. The van der Waals surface area contributed by atoms with E-state index < -0.39 is 5.54 Å². The number of halogens is 2. The molecule has 0 aliphatic heterocycles. The molecule has 0 spiro atoms. The summed E-state index contributed by atoms with van der Waals surface area (Å²) in [5.41, 5.74) is 0.371. The van der Waals surface area contributed by atoms with Gasteiger partial charge in [0.25, 0.3) is 0 Å². The van der Waals surface area contributed by atoms with E-state index in [1.54, 1.807) is 0 Å². The Morgan fingerprint density at radius 2 is 2.00 bits per heavy atom. The number of carbonyl (C=O) groups is 1. The summed E-state index contributed by atoms with van der Waals surface area (Å²) >= 11 is 6.94. The van der Waals surface area contributed by atoms with Gasteiger partial charge in [-0.05, 0) is 38.5 Å². The molecule has 100 valence electrons. The zero-order chi connectivity index (χ0) is 13.9.